The largest absolute Gasteiger partial charge is 0.324 e. The van der Waals surface area contributed by atoms with Crippen molar-refractivity contribution in [3.05, 3.63) is 41.0 Å². The number of aryl methyl sites for hydroxylation is 2. The highest BCUT2D eigenvalue weighted by atomic mass is 32.2. The van der Waals surface area contributed by atoms with Crippen molar-refractivity contribution >= 4 is 29.3 Å². The van der Waals surface area contributed by atoms with E-state index >= 15 is 0 Å². The van der Waals surface area contributed by atoms with Crippen LogP contribution in [0, 0.1) is 13.8 Å². The van der Waals surface area contributed by atoms with Gasteiger partial charge in [-0.3, -0.25) is 9.59 Å². The first-order chi connectivity index (χ1) is 10.9. The highest BCUT2D eigenvalue weighted by Crippen LogP contribution is 2.25. The van der Waals surface area contributed by atoms with E-state index in [0.29, 0.717) is 17.2 Å². The fourth-order valence-electron chi connectivity index (χ4n) is 2.65. The molecule has 1 aliphatic rings. The lowest BCUT2D eigenvalue weighted by Gasteiger charge is -2.23. The van der Waals surface area contributed by atoms with E-state index in [4.69, 9.17) is 0 Å². The summed E-state index contributed by atoms with van der Waals surface area (Å²) in [6.45, 7) is 7.81. The molecule has 2 rings (SSSR count). The number of allylic oxidation sites excluding steroid dienone is 1. The second-order valence-corrected chi connectivity index (χ2v) is 6.89. The van der Waals surface area contributed by atoms with E-state index in [-0.39, 0.29) is 11.8 Å². The number of rotatable bonds is 4. The molecule has 1 aromatic rings. The SMILES string of the molecule is CC/C=C(/C)C(=O)N1CSCC1C(=O)Nc1ccc(C)cc1C. The zero-order valence-electron chi connectivity index (χ0n) is 14.2. The molecular formula is C18H24N2O2S. The highest BCUT2D eigenvalue weighted by molar-refractivity contribution is 7.99. The van der Waals surface area contributed by atoms with Gasteiger partial charge in [-0.15, -0.1) is 11.8 Å². The summed E-state index contributed by atoms with van der Waals surface area (Å²) in [5.41, 5.74) is 3.71. The van der Waals surface area contributed by atoms with Gasteiger partial charge < -0.3 is 10.2 Å². The molecule has 1 heterocycles. The molecule has 0 saturated carbocycles. The van der Waals surface area contributed by atoms with Crippen LogP contribution in [0.4, 0.5) is 5.69 Å². The zero-order valence-corrected chi connectivity index (χ0v) is 15.0. The van der Waals surface area contributed by atoms with Crippen LogP contribution in [0.5, 0.6) is 0 Å². The Morgan fingerprint density at radius 2 is 2.13 bits per heavy atom. The van der Waals surface area contributed by atoms with Gasteiger partial charge in [0, 0.05) is 17.0 Å². The molecule has 23 heavy (non-hydrogen) atoms. The number of nitrogens with one attached hydrogen (secondary N) is 1. The lowest BCUT2D eigenvalue weighted by atomic mass is 10.1. The van der Waals surface area contributed by atoms with E-state index in [2.05, 4.69) is 5.32 Å². The molecule has 0 spiro atoms. The summed E-state index contributed by atoms with van der Waals surface area (Å²) >= 11 is 1.62. The van der Waals surface area contributed by atoms with Gasteiger partial charge in [0.15, 0.2) is 0 Å². The summed E-state index contributed by atoms with van der Waals surface area (Å²) < 4.78 is 0. The number of benzene rings is 1. The average molecular weight is 332 g/mol. The van der Waals surface area contributed by atoms with E-state index in [1.807, 2.05) is 52.0 Å². The summed E-state index contributed by atoms with van der Waals surface area (Å²) in [5, 5.41) is 2.97. The van der Waals surface area contributed by atoms with Gasteiger partial charge in [0.1, 0.15) is 6.04 Å². The van der Waals surface area contributed by atoms with Crippen molar-refractivity contribution in [2.45, 2.75) is 40.2 Å². The number of anilines is 1. The fourth-order valence-corrected chi connectivity index (χ4v) is 3.80. The molecule has 1 atom stereocenters. The molecule has 124 valence electrons. The molecule has 0 aliphatic carbocycles. The number of nitrogens with zero attached hydrogens (tertiary/aromatic N) is 1. The minimum absolute atomic E-state index is 0.0439. The van der Waals surface area contributed by atoms with Gasteiger partial charge in [-0.05, 0) is 38.8 Å². The molecule has 5 heteroatoms. The Hall–Kier alpha value is -1.75. The number of amides is 2. The first-order valence-electron chi connectivity index (χ1n) is 7.87. The van der Waals surface area contributed by atoms with Crippen molar-refractivity contribution in [1.82, 2.24) is 4.90 Å². The molecule has 0 bridgehead atoms. The maximum absolute atomic E-state index is 12.6. The molecule has 0 aromatic heterocycles. The molecular weight excluding hydrogens is 308 g/mol. The summed E-state index contributed by atoms with van der Waals surface area (Å²) in [5.74, 6) is 1.05. The van der Waals surface area contributed by atoms with Crippen molar-refractivity contribution in [2.24, 2.45) is 0 Å². The molecule has 1 aliphatic heterocycles. The molecule has 4 nitrogen and oxygen atoms in total. The summed E-state index contributed by atoms with van der Waals surface area (Å²) in [6.07, 6.45) is 2.72. The van der Waals surface area contributed by atoms with Crippen molar-refractivity contribution < 1.29 is 9.59 Å². The van der Waals surface area contributed by atoms with E-state index < -0.39 is 6.04 Å². The van der Waals surface area contributed by atoms with Crippen molar-refractivity contribution in [3.8, 4) is 0 Å². The van der Waals surface area contributed by atoms with Crippen molar-refractivity contribution in [1.29, 1.82) is 0 Å². The monoisotopic (exact) mass is 332 g/mol. The molecule has 0 radical (unpaired) electrons. The summed E-state index contributed by atoms with van der Waals surface area (Å²) in [6, 6.07) is 5.52. The Morgan fingerprint density at radius 3 is 2.78 bits per heavy atom. The fraction of sp³-hybridized carbons (Fsp3) is 0.444. The Balaban J connectivity index is 2.11. The predicted molar refractivity (Wildman–Crippen MR) is 96.6 cm³/mol. The molecule has 1 unspecified atom stereocenters. The second-order valence-electron chi connectivity index (χ2n) is 5.89. The van der Waals surface area contributed by atoms with E-state index in [0.717, 1.165) is 23.2 Å². The van der Waals surface area contributed by atoms with Crippen LogP contribution < -0.4 is 5.32 Å². The highest BCUT2D eigenvalue weighted by Gasteiger charge is 2.35. The normalized spacial score (nSPS) is 18.2. The third kappa shape index (κ3) is 4.16. The number of hydrogen-bond donors (Lipinski definition) is 1. The van der Waals surface area contributed by atoms with Gasteiger partial charge in [-0.2, -0.15) is 0 Å². The van der Waals surface area contributed by atoms with Crippen LogP contribution in [0.25, 0.3) is 0 Å². The second kappa shape index (κ2) is 7.68. The van der Waals surface area contributed by atoms with Crippen LogP contribution in [0.3, 0.4) is 0 Å². The first kappa shape index (κ1) is 17.6. The number of carbonyl (C=O) groups is 2. The maximum atomic E-state index is 12.6. The molecule has 1 fully saturated rings. The van der Waals surface area contributed by atoms with Crippen LogP contribution in [0.15, 0.2) is 29.8 Å². The van der Waals surface area contributed by atoms with Gasteiger partial charge in [0.25, 0.3) is 5.91 Å². The molecule has 1 N–H and O–H groups in total. The van der Waals surface area contributed by atoms with Gasteiger partial charge in [-0.25, -0.2) is 0 Å². The lowest BCUT2D eigenvalue weighted by Crippen LogP contribution is -2.44. The summed E-state index contributed by atoms with van der Waals surface area (Å²) in [7, 11) is 0. The predicted octanol–water partition coefficient (Wildman–Crippen LogP) is 3.50. The lowest BCUT2D eigenvalue weighted by molar-refractivity contribution is -0.133. The standard InChI is InChI=1S/C18H24N2O2S/c1-5-6-13(3)18(22)20-11-23-10-16(20)17(21)19-15-8-7-12(2)9-14(15)4/h6-9,16H,5,10-11H2,1-4H3,(H,19,21)/b13-6-. The van der Waals surface area contributed by atoms with Crippen LogP contribution in [-0.4, -0.2) is 34.4 Å². The van der Waals surface area contributed by atoms with Crippen LogP contribution >= 0.6 is 11.8 Å². The Bertz CT molecular complexity index is 640. The van der Waals surface area contributed by atoms with Crippen molar-refractivity contribution in [3.63, 3.8) is 0 Å². The molecule has 1 aromatic carbocycles. The topological polar surface area (TPSA) is 49.4 Å². The maximum Gasteiger partial charge on any atom is 0.250 e. The minimum Gasteiger partial charge on any atom is -0.324 e. The Labute approximate surface area is 142 Å². The van der Waals surface area contributed by atoms with Gasteiger partial charge in [0.2, 0.25) is 5.91 Å². The van der Waals surface area contributed by atoms with Crippen LogP contribution in [-0.2, 0) is 9.59 Å². The number of hydrogen-bond acceptors (Lipinski definition) is 3. The number of thioether (sulfide) groups is 1. The van der Waals surface area contributed by atoms with Gasteiger partial charge in [-0.1, -0.05) is 30.7 Å². The van der Waals surface area contributed by atoms with Crippen LogP contribution in [0.2, 0.25) is 0 Å². The van der Waals surface area contributed by atoms with Gasteiger partial charge >= 0.3 is 0 Å². The van der Waals surface area contributed by atoms with Crippen molar-refractivity contribution in [2.75, 3.05) is 16.9 Å². The molecule has 2 amide bonds. The summed E-state index contributed by atoms with van der Waals surface area (Å²) in [4.78, 5) is 26.8. The smallest absolute Gasteiger partial charge is 0.250 e. The number of carbonyl (C=O) groups excluding carboxylic acids is 2. The van der Waals surface area contributed by atoms with E-state index in [1.165, 1.54) is 0 Å². The Morgan fingerprint density at radius 1 is 1.39 bits per heavy atom. The quantitative estimate of drug-likeness (QED) is 0.859. The van der Waals surface area contributed by atoms with Gasteiger partial charge in [0.05, 0.1) is 5.88 Å². The third-order valence-electron chi connectivity index (χ3n) is 3.93. The van der Waals surface area contributed by atoms with E-state index in [1.54, 1.807) is 16.7 Å². The molecule has 1 saturated heterocycles. The van der Waals surface area contributed by atoms with Crippen LogP contribution in [0.1, 0.15) is 31.4 Å². The van der Waals surface area contributed by atoms with E-state index in [9.17, 15) is 9.59 Å². The zero-order chi connectivity index (χ0) is 17.0. The Kier molecular flexibility index (Phi) is 5.88. The average Bonchev–Trinajstić information content (AvgIpc) is 2.99. The first-order valence-corrected chi connectivity index (χ1v) is 9.03. The third-order valence-corrected chi connectivity index (χ3v) is 4.95. The minimum atomic E-state index is -0.409.